The summed E-state index contributed by atoms with van der Waals surface area (Å²) in [5.74, 6) is -0.269. The number of benzene rings is 2. The molecule has 2 heterocycles. The van der Waals surface area contributed by atoms with Gasteiger partial charge in [0.05, 0.1) is 25.1 Å². The molecule has 170 valence electrons. The minimum atomic E-state index is -0.834. The molecule has 0 bridgehead atoms. The van der Waals surface area contributed by atoms with Gasteiger partial charge in [0.2, 0.25) is 0 Å². The van der Waals surface area contributed by atoms with E-state index in [4.69, 9.17) is 14.6 Å². The first kappa shape index (κ1) is 21.8. The first-order valence-electron chi connectivity index (χ1n) is 11.3. The van der Waals surface area contributed by atoms with Crippen molar-refractivity contribution in [2.75, 3.05) is 33.4 Å². The lowest BCUT2D eigenvalue weighted by atomic mass is 9.94. The van der Waals surface area contributed by atoms with Gasteiger partial charge in [0.25, 0.3) is 0 Å². The van der Waals surface area contributed by atoms with Gasteiger partial charge in [-0.25, -0.2) is 9.07 Å². The monoisotopic (exact) mass is 445 g/mol. The zero-order chi connectivity index (χ0) is 22.7. The average molecular weight is 446 g/mol. The molecule has 1 fully saturated rings. The third-order valence-electron chi connectivity index (χ3n) is 6.43. The number of hydrogen-bond acceptors (Lipinski definition) is 4. The predicted molar refractivity (Wildman–Crippen MR) is 127 cm³/mol. The Balaban J connectivity index is 1.55. The lowest BCUT2D eigenvalue weighted by Crippen LogP contribution is -2.37. The lowest BCUT2D eigenvalue weighted by molar-refractivity contribution is -0.0410. The third-order valence-corrected chi connectivity index (χ3v) is 6.43. The highest BCUT2D eigenvalue weighted by molar-refractivity contribution is 5.75. The fraction of sp³-hybridized carbons (Fsp3) is 0.296. The number of rotatable bonds is 6. The zero-order valence-corrected chi connectivity index (χ0v) is 18.8. The SMILES string of the molecule is COC1(n2ncc(CN3CCOCC3)c2-c2ccccc2F)C=CC(c2ccccc2)=CC1. The summed E-state index contributed by atoms with van der Waals surface area (Å²) in [7, 11) is 1.68. The van der Waals surface area contributed by atoms with E-state index in [1.165, 1.54) is 6.07 Å². The maximum atomic E-state index is 15.0. The molecule has 2 aromatic carbocycles. The van der Waals surface area contributed by atoms with Crippen LogP contribution in [0.25, 0.3) is 16.8 Å². The van der Waals surface area contributed by atoms with E-state index in [0.29, 0.717) is 31.7 Å². The minimum Gasteiger partial charge on any atom is -0.379 e. The van der Waals surface area contributed by atoms with E-state index in [9.17, 15) is 0 Å². The number of aromatic nitrogens is 2. The van der Waals surface area contributed by atoms with Crippen molar-refractivity contribution in [3.63, 3.8) is 0 Å². The highest BCUT2D eigenvalue weighted by Crippen LogP contribution is 2.38. The number of halogens is 1. The second-order valence-electron chi connectivity index (χ2n) is 8.41. The van der Waals surface area contributed by atoms with Gasteiger partial charge in [-0.1, -0.05) is 54.6 Å². The summed E-state index contributed by atoms with van der Waals surface area (Å²) in [5.41, 5.74) is 3.71. The summed E-state index contributed by atoms with van der Waals surface area (Å²) >= 11 is 0. The van der Waals surface area contributed by atoms with Gasteiger partial charge >= 0.3 is 0 Å². The van der Waals surface area contributed by atoms with Gasteiger partial charge in [-0.3, -0.25) is 4.90 Å². The van der Waals surface area contributed by atoms with Crippen LogP contribution in [-0.2, 0) is 21.7 Å². The van der Waals surface area contributed by atoms with Gasteiger partial charge < -0.3 is 9.47 Å². The number of hydrogen-bond donors (Lipinski definition) is 0. The zero-order valence-electron chi connectivity index (χ0n) is 18.8. The molecular weight excluding hydrogens is 417 g/mol. The van der Waals surface area contributed by atoms with Gasteiger partial charge in [0.1, 0.15) is 5.82 Å². The first-order chi connectivity index (χ1) is 16.2. The van der Waals surface area contributed by atoms with Crippen molar-refractivity contribution in [1.29, 1.82) is 0 Å². The molecule has 5 nitrogen and oxygen atoms in total. The molecule has 1 unspecified atom stereocenters. The van der Waals surface area contributed by atoms with Crippen LogP contribution < -0.4 is 0 Å². The lowest BCUT2D eigenvalue weighted by Gasteiger charge is -2.33. The third kappa shape index (κ3) is 4.29. The fourth-order valence-corrected chi connectivity index (χ4v) is 4.58. The number of methoxy groups -OCH3 is 1. The molecule has 0 saturated carbocycles. The largest absolute Gasteiger partial charge is 0.379 e. The summed E-state index contributed by atoms with van der Waals surface area (Å²) in [6, 6.07) is 17.1. The molecule has 6 heteroatoms. The van der Waals surface area contributed by atoms with Crippen molar-refractivity contribution in [1.82, 2.24) is 14.7 Å². The van der Waals surface area contributed by atoms with Crippen molar-refractivity contribution >= 4 is 5.57 Å². The molecule has 1 atom stereocenters. The predicted octanol–water partition coefficient (Wildman–Crippen LogP) is 4.86. The van der Waals surface area contributed by atoms with E-state index in [1.54, 1.807) is 13.2 Å². The molecule has 0 radical (unpaired) electrons. The topological polar surface area (TPSA) is 39.5 Å². The molecule has 1 aliphatic heterocycles. The fourth-order valence-electron chi connectivity index (χ4n) is 4.58. The van der Waals surface area contributed by atoms with Gasteiger partial charge in [0, 0.05) is 44.3 Å². The summed E-state index contributed by atoms with van der Waals surface area (Å²) in [6.07, 6.45) is 8.70. The number of nitrogens with zero attached hydrogens (tertiary/aromatic N) is 3. The molecule has 5 rings (SSSR count). The van der Waals surface area contributed by atoms with E-state index in [0.717, 1.165) is 35.5 Å². The maximum absolute atomic E-state index is 15.0. The van der Waals surface area contributed by atoms with Crippen molar-refractivity contribution in [3.8, 4) is 11.3 Å². The first-order valence-corrected chi connectivity index (χ1v) is 11.3. The van der Waals surface area contributed by atoms with Crippen LogP contribution >= 0.6 is 0 Å². The molecule has 0 amide bonds. The molecule has 0 N–H and O–H groups in total. The van der Waals surface area contributed by atoms with E-state index in [2.05, 4.69) is 29.2 Å². The minimum absolute atomic E-state index is 0.269. The van der Waals surface area contributed by atoms with Crippen LogP contribution in [0.15, 0.2) is 79.0 Å². The summed E-state index contributed by atoms with van der Waals surface area (Å²) in [5, 5.41) is 4.75. The Hall–Kier alpha value is -3.06. The second kappa shape index (κ2) is 9.43. The average Bonchev–Trinajstić information content (AvgIpc) is 3.29. The summed E-state index contributed by atoms with van der Waals surface area (Å²) in [6.45, 7) is 3.80. The Morgan fingerprint density at radius 2 is 1.82 bits per heavy atom. The molecule has 33 heavy (non-hydrogen) atoms. The summed E-state index contributed by atoms with van der Waals surface area (Å²) in [4.78, 5) is 2.32. The van der Waals surface area contributed by atoms with Gasteiger partial charge in [-0.15, -0.1) is 0 Å². The summed E-state index contributed by atoms with van der Waals surface area (Å²) < 4.78 is 28.4. The van der Waals surface area contributed by atoms with E-state index < -0.39 is 5.72 Å². The van der Waals surface area contributed by atoms with Gasteiger partial charge in [-0.2, -0.15) is 5.10 Å². The highest BCUT2D eigenvalue weighted by atomic mass is 19.1. The van der Waals surface area contributed by atoms with Gasteiger partial charge in [-0.05, 0) is 29.3 Å². The molecular formula is C27H28FN3O2. The van der Waals surface area contributed by atoms with Crippen LogP contribution in [0.1, 0.15) is 17.5 Å². The van der Waals surface area contributed by atoms with Crippen molar-refractivity contribution in [3.05, 3.63) is 96.0 Å². The Labute approximate surface area is 193 Å². The van der Waals surface area contributed by atoms with Crippen LogP contribution in [0, 0.1) is 5.82 Å². The molecule has 1 aromatic heterocycles. The van der Waals surface area contributed by atoms with E-state index in [-0.39, 0.29) is 5.82 Å². The molecule has 1 saturated heterocycles. The smallest absolute Gasteiger partial charge is 0.183 e. The quantitative estimate of drug-likeness (QED) is 0.543. The van der Waals surface area contributed by atoms with E-state index >= 15 is 4.39 Å². The van der Waals surface area contributed by atoms with Crippen LogP contribution in [0.2, 0.25) is 0 Å². The highest BCUT2D eigenvalue weighted by Gasteiger charge is 2.35. The maximum Gasteiger partial charge on any atom is 0.183 e. The van der Waals surface area contributed by atoms with Crippen LogP contribution in [0.4, 0.5) is 4.39 Å². The van der Waals surface area contributed by atoms with Crippen LogP contribution in [0.5, 0.6) is 0 Å². The van der Waals surface area contributed by atoms with Crippen LogP contribution in [0.3, 0.4) is 0 Å². The van der Waals surface area contributed by atoms with Crippen molar-refractivity contribution < 1.29 is 13.9 Å². The molecule has 1 aliphatic carbocycles. The van der Waals surface area contributed by atoms with Crippen molar-refractivity contribution in [2.45, 2.75) is 18.7 Å². The van der Waals surface area contributed by atoms with Crippen LogP contribution in [-0.4, -0.2) is 48.1 Å². The van der Waals surface area contributed by atoms with Crippen molar-refractivity contribution in [2.24, 2.45) is 0 Å². The van der Waals surface area contributed by atoms with E-state index in [1.807, 2.05) is 47.3 Å². The Kier molecular flexibility index (Phi) is 6.22. The van der Waals surface area contributed by atoms with Gasteiger partial charge in [0.15, 0.2) is 5.72 Å². The number of allylic oxidation sites excluding steroid dienone is 2. The normalized spacial score (nSPS) is 21.2. The second-order valence-corrected chi connectivity index (χ2v) is 8.41. The molecule has 0 spiro atoms. The number of ether oxygens (including phenoxy) is 2. The molecule has 2 aliphatic rings. The Morgan fingerprint density at radius 3 is 2.52 bits per heavy atom. The Bertz CT molecular complexity index is 1170. The standard InChI is InChI=1S/C27H28FN3O2/c1-32-27(13-11-22(12-14-27)21-7-3-2-4-8-21)31-26(24-9-5-6-10-25(24)28)23(19-29-31)20-30-15-17-33-18-16-30/h2-13,19H,14-18,20H2,1H3. The number of morpholine rings is 1. The Morgan fingerprint density at radius 1 is 1.06 bits per heavy atom. The molecule has 3 aromatic rings.